The van der Waals surface area contributed by atoms with Crippen molar-refractivity contribution in [2.24, 2.45) is 11.8 Å². The van der Waals surface area contributed by atoms with Crippen LogP contribution in [-0.4, -0.2) is 41.7 Å². The number of hydrogen-bond donors (Lipinski definition) is 1. The molecule has 2 atom stereocenters. The maximum Gasteiger partial charge on any atom is 0.308 e. The van der Waals surface area contributed by atoms with E-state index in [4.69, 9.17) is 4.74 Å². The molecule has 3 rings (SSSR count). The lowest BCUT2D eigenvalue weighted by Gasteiger charge is -2.15. The molecule has 0 spiro atoms. The van der Waals surface area contributed by atoms with Crippen molar-refractivity contribution in [1.29, 1.82) is 0 Å². The Labute approximate surface area is 170 Å². The number of rotatable bonds is 6. The van der Waals surface area contributed by atoms with E-state index in [9.17, 15) is 19.2 Å². The second-order valence-corrected chi connectivity index (χ2v) is 7.72. The molecule has 1 N–H and O–H groups in total. The topological polar surface area (TPSA) is 92.8 Å². The molecular formula is C22H26N2O5. The molecule has 0 saturated carbocycles. The largest absolute Gasteiger partial charge is 0.456 e. The Bertz CT molecular complexity index is 840. The van der Waals surface area contributed by atoms with E-state index in [1.165, 1.54) is 0 Å². The fourth-order valence-electron chi connectivity index (χ4n) is 4.06. The van der Waals surface area contributed by atoms with Gasteiger partial charge < -0.3 is 10.1 Å². The van der Waals surface area contributed by atoms with E-state index in [1.54, 1.807) is 0 Å². The van der Waals surface area contributed by atoms with Gasteiger partial charge in [0.2, 0.25) is 11.8 Å². The molecule has 1 fully saturated rings. The van der Waals surface area contributed by atoms with Gasteiger partial charge in [0, 0.05) is 12.2 Å². The zero-order valence-corrected chi connectivity index (χ0v) is 17.0. The van der Waals surface area contributed by atoms with Gasteiger partial charge in [-0.1, -0.05) is 29.8 Å². The molecule has 2 aliphatic rings. The number of anilines is 1. The van der Waals surface area contributed by atoms with Crippen LogP contribution in [0.25, 0.3) is 0 Å². The number of aryl methyl sites for hydroxylation is 3. The van der Waals surface area contributed by atoms with Crippen molar-refractivity contribution in [3.63, 3.8) is 0 Å². The number of nitrogens with one attached hydrogen (secondary N) is 1. The quantitative estimate of drug-likeness (QED) is 0.451. The number of esters is 1. The zero-order chi connectivity index (χ0) is 21.1. The predicted octanol–water partition coefficient (Wildman–Crippen LogP) is 2.43. The van der Waals surface area contributed by atoms with Crippen molar-refractivity contribution in [1.82, 2.24) is 4.90 Å². The monoisotopic (exact) mass is 398 g/mol. The first kappa shape index (κ1) is 20.8. The molecule has 0 unspecified atom stereocenters. The second-order valence-electron chi connectivity index (χ2n) is 7.72. The number of fused-ring (bicyclic) bond motifs is 1. The average molecular weight is 398 g/mol. The van der Waals surface area contributed by atoms with Gasteiger partial charge in [-0.05, 0) is 44.7 Å². The Kier molecular flexibility index (Phi) is 6.15. The van der Waals surface area contributed by atoms with Crippen LogP contribution in [-0.2, 0) is 23.9 Å². The first-order chi connectivity index (χ1) is 13.8. The highest BCUT2D eigenvalue weighted by Crippen LogP contribution is 2.35. The van der Waals surface area contributed by atoms with Crippen molar-refractivity contribution in [3.05, 3.63) is 41.0 Å². The molecule has 1 heterocycles. The van der Waals surface area contributed by atoms with Crippen LogP contribution in [0.5, 0.6) is 0 Å². The van der Waals surface area contributed by atoms with E-state index in [1.807, 2.05) is 45.1 Å². The van der Waals surface area contributed by atoms with Gasteiger partial charge in [-0.2, -0.15) is 0 Å². The van der Waals surface area contributed by atoms with Gasteiger partial charge in [-0.25, -0.2) is 0 Å². The predicted molar refractivity (Wildman–Crippen MR) is 107 cm³/mol. The fourth-order valence-corrected chi connectivity index (χ4v) is 4.06. The molecule has 29 heavy (non-hydrogen) atoms. The Morgan fingerprint density at radius 3 is 2.14 bits per heavy atom. The van der Waals surface area contributed by atoms with Crippen LogP contribution in [0.3, 0.4) is 0 Å². The molecule has 1 aliphatic carbocycles. The molecule has 1 aromatic carbocycles. The number of benzene rings is 1. The summed E-state index contributed by atoms with van der Waals surface area (Å²) in [6.07, 6.45) is 4.84. The van der Waals surface area contributed by atoms with E-state index < -0.39 is 18.5 Å². The lowest BCUT2D eigenvalue weighted by Crippen LogP contribution is -2.33. The third kappa shape index (κ3) is 4.55. The van der Waals surface area contributed by atoms with Gasteiger partial charge in [0.25, 0.3) is 5.91 Å². The van der Waals surface area contributed by atoms with Gasteiger partial charge in [-0.3, -0.25) is 24.1 Å². The molecule has 0 radical (unpaired) electrons. The molecule has 1 saturated heterocycles. The van der Waals surface area contributed by atoms with Gasteiger partial charge in [0.05, 0.1) is 18.3 Å². The first-order valence-corrected chi connectivity index (χ1v) is 9.81. The summed E-state index contributed by atoms with van der Waals surface area (Å²) in [5.74, 6) is -2.11. The minimum absolute atomic E-state index is 0.0126. The van der Waals surface area contributed by atoms with Crippen molar-refractivity contribution in [3.8, 4) is 0 Å². The summed E-state index contributed by atoms with van der Waals surface area (Å²) < 4.78 is 5.02. The summed E-state index contributed by atoms with van der Waals surface area (Å²) in [6, 6.07) is 3.93. The molecule has 154 valence electrons. The number of imide groups is 1. The lowest BCUT2D eigenvalue weighted by atomic mass is 9.85. The number of ether oxygens (including phenoxy) is 1. The van der Waals surface area contributed by atoms with E-state index in [-0.39, 0.29) is 36.6 Å². The van der Waals surface area contributed by atoms with Crippen molar-refractivity contribution in [2.75, 3.05) is 18.5 Å². The third-order valence-corrected chi connectivity index (χ3v) is 5.44. The van der Waals surface area contributed by atoms with Crippen LogP contribution >= 0.6 is 0 Å². The first-order valence-electron chi connectivity index (χ1n) is 9.81. The Balaban J connectivity index is 1.46. The van der Waals surface area contributed by atoms with Crippen LogP contribution in [0.4, 0.5) is 5.69 Å². The summed E-state index contributed by atoms with van der Waals surface area (Å²) in [7, 11) is 0. The minimum Gasteiger partial charge on any atom is -0.456 e. The second kappa shape index (κ2) is 8.59. The Hall–Kier alpha value is -2.96. The Morgan fingerprint density at radius 1 is 1.03 bits per heavy atom. The molecule has 0 bridgehead atoms. The molecule has 3 amide bonds. The number of amides is 3. The average Bonchev–Trinajstić information content (AvgIpc) is 2.92. The maximum absolute atomic E-state index is 12.4. The van der Waals surface area contributed by atoms with Crippen LogP contribution in [0.2, 0.25) is 0 Å². The highest BCUT2D eigenvalue weighted by Gasteiger charge is 2.46. The van der Waals surface area contributed by atoms with Crippen LogP contribution in [0.15, 0.2) is 24.3 Å². The van der Waals surface area contributed by atoms with Gasteiger partial charge >= 0.3 is 5.97 Å². The molecule has 7 heteroatoms. The summed E-state index contributed by atoms with van der Waals surface area (Å²) in [5.41, 5.74) is 3.68. The number of carbonyl (C=O) groups is 4. The number of allylic oxidation sites excluding steroid dienone is 2. The fraction of sp³-hybridized carbons (Fsp3) is 0.455. The summed E-state index contributed by atoms with van der Waals surface area (Å²) in [6.45, 7) is 5.36. The van der Waals surface area contributed by atoms with E-state index >= 15 is 0 Å². The normalized spacial score (nSPS) is 20.6. The van der Waals surface area contributed by atoms with E-state index in [2.05, 4.69) is 5.32 Å². The van der Waals surface area contributed by atoms with E-state index in [0.717, 1.165) is 21.6 Å². The van der Waals surface area contributed by atoms with Crippen LogP contribution in [0, 0.1) is 32.6 Å². The van der Waals surface area contributed by atoms with E-state index in [0.29, 0.717) is 18.5 Å². The Morgan fingerprint density at radius 2 is 1.59 bits per heavy atom. The third-order valence-electron chi connectivity index (χ3n) is 5.44. The number of carbonyl (C=O) groups excluding carboxylic acids is 4. The molecule has 1 aromatic rings. The van der Waals surface area contributed by atoms with Crippen molar-refractivity contribution < 1.29 is 23.9 Å². The van der Waals surface area contributed by atoms with Gasteiger partial charge in [-0.15, -0.1) is 0 Å². The SMILES string of the molecule is Cc1cc(C)c(NC(=O)COC(=O)CCN2C(=O)[C@@H]3CC=CC[C@H]3C2=O)c(C)c1. The maximum atomic E-state index is 12.4. The van der Waals surface area contributed by atoms with Crippen LogP contribution < -0.4 is 5.32 Å². The number of likely N-dealkylation sites (tertiary alicyclic amines) is 1. The van der Waals surface area contributed by atoms with Gasteiger partial charge in [0.1, 0.15) is 0 Å². The summed E-state index contributed by atoms with van der Waals surface area (Å²) >= 11 is 0. The van der Waals surface area contributed by atoms with Crippen molar-refractivity contribution in [2.45, 2.75) is 40.0 Å². The lowest BCUT2D eigenvalue weighted by molar-refractivity contribution is -0.148. The van der Waals surface area contributed by atoms with Crippen LogP contribution in [0.1, 0.15) is 36.0 Å². The van der Waals surface area contributed by atoms with Gasteiger partial charge in [0.15, 0.2) is 6.61 Å². The summed E-state index contributed by atoms with van der Waals surface area (Å²) in [5, 5.41) is 2.76. The zero-order valence-electron chi connectivity index (χ0n) is 17.0. The number of nitrogens with zero attached hydrogens (tertiary/aromatic N) is 1. The minimum atomic E-state index is -0.619. The standard InChI is InChI=1S/C22H26N2O5/c1-13-10-14(2)20(15(3)11-13)23-18(25)12-29-19(26)8-9-24-21(27)16-6-4-5-7-17(16)22(24)28/h4-5,10-11,16-17H,6-9,12H2,1-3H3,(H,23,25)/t16-,17-/m1/s1. The molecular weight excluding hydrogens is 372 g/mol. The molecule has 7 nitrogen and oxygen atoms in total. The summed E-state index contributed by atoms with van der Waals surface area (Å²) in [4.78, 5) is 50.0. The highest BCUT2D eigenvalue weighted by atomic mass is 16.5. The number of hydrogen-bond acceptors (Lipinski definition) is 5. The van der Waals surface area contributed by atoms with Crippen molar-refractivity contribution >= 4 is 29.4 Å². The highest BCUT2D eigenvalue weighted by molar-refractivity contribution is 6.05. The molecule has 0 aromatic heterocycles. The molecule has 1 aliphatic heterocycles. The smallest absolute Gasteiger partial charge is 0.308 e.